The number of rotatable bonds is 8. The molecule has 2 aliphatic carbocycles. The van der Waals surface area contributed by atoms with E-state index in [0.29, 0.717) is 24.5 Å². The lowest BCUT2D eigenvalue weighted by Crippen LogP contribution is -2.55. The number of nitrogens with one attached hydrogen (secondary N) is 1. The Morgan fingerprint density at radius 1 is 1.38 bits per heavy atom. The standard InChI is InChI=1S/C15H23N3O5S/c1-9-15(10(2)23-16-9)24(21,22)17-12-5-13(6-12)18(8-14(19)20)7-11-3-4-11/h11-13,17H,3-8H2,1-2H3,(H,19,20). The Morgan fingerprint density at radius 2 is 2.04 bits per heavy atom. The van der Waals surface area contributed by atoms with Crippen molar-refractivity contribution in [2.45, 2.75) is 56.5 Å². The smallest absolute Gasteiger partial charge is 0.317 e. The molecule has 2 fully saturated rings. The van der Waals surface area contributed by atoms with Gasteiger partial charge in [-0.15, -0.1) is 0 Å². The van der Waals surface area contributed by atoms with Crippen molar-refractivity contribution < 1.29 is 22.8 Å². The number of carboxylic acids is 1. The zero-order valence-electron chi connectivity index (χ0n) is 13.9. The molecule has 8 nitrogen and oxygen atoms in total. The molecule has 3 rings (SSSR count). The maximum atomic E-state index is 12.5. The molecule has 134 valence electrons. The summed E-state index contributed by atoms with van der Waals surface area (Å²) in [5.41, 5.74) is 0.345. The van der Waals surface area contributed by atoms with Gasteiger partial charge in [-0.1, -0.05) is 5.16 Å². The highest BCUT2D eigenvalue weighted by molar-refractivity contribution is 7.89. The lowest BCUT2D eigenvalue weighted by Gasteiger charge is -2.42. The molecule has 0 amide bonds. The Kier molecular flexibility index (Phi) is 4.67. The molecule has 2 saturated carbocycles. The van der Waals surface area contributed by atoms with E-state index in [4.69, 9.17) is 9.63 Å². The van der Waals surface area contributed by atoms with Crippen molar-refractivity contribution in [3.8, 4) is 0 Å². The van der Waals surface area contributed by atoms with Gasteiger partial charge in [-0.25, -0.2) is 13.1 Å². The quantitative estimate of drug-likeness (QED) is 0.710. The van der Waals surface area contributed by atoms with E-state index >= 15 is 0 Å². The number of aryl methyl sites for hydroxylation is 2. The predicted octanol–water partition coefficient (Wildman–Crippen LogP) is 0.897. The van der Waals surface area contributed by atoms with Crippen LogP contribution in [0.3, 0.4) is 0 Å². The SMILES string of the molecule is Cc1noc(C)c1S(=O)(=O)NC1CC(N(CC(=O)O)CC2CC2)C1. The van der Waals surface area contributed by atoms with E-state index in [1.807, 2.05) is 4.90 Å². The molecule has 0 saturated heterocycles. The molecule has 0 atom stereocenters. The third-order valence-corrected chi connectivity index (χ3v) is 6.48. The van der Waals surface area contributed by atoms with Crippen molar-refractivity contribution in [1.82, 2.24) is 14.8 Å². The van der Waals surface area contributed by atoms with E-state index < -0.39 is 16.0 Å². The summed E-state index contributed by atoms with van der Waals surface area (Å²) in [4.78, 5) is 13.1. The van der Waals surface area contributed by atoms with Gasteiger partial charge < -0.3 is 9.63 Å². The Bertz CT molecular complexity index is 700. The van der Waals surface area contributed by atoms with Crippen LogP contribution in [0.2, 0.25) is 0 Å². The summed E-state index contributed by atoms with van der Waals surface area (Å²) >= 11 is 0. The van der Waals surface area contributed by atoms with Crippen LogP contribution in [0, 0.1) is 19.8 Å². The van der Waals surface area contributed by atoms with E-state index in [1.165, 1.54) is 0 Å². The van der Waals surface area contributed by atoms with Gasteiger partial charge in [0.2, 0.25) is 10.0 Å². The Hall–Kier alpha value is -1.45. The first-order chi connectivity index (χ1) is 11.3. The van der Waals surface area contributed by atoms with Gasteiger partial charge in [-0.2, -0.15) is 0 Å². The van der Waals surface area contributed by atoms with Crippen LogP contribution < -0.4 is 4.72 Å². The summed E-state index contributed by atoms with van der Waals surface area (Å²) in [5.74, 6) is 0.0370. The van der Waals surface area contributed by atoms with E-state index in [2.05, 4.69) is 9.88 Å². The number of sulfonamides is 1. The second-order valence-corrected chi connectivity index (χ2v) is 8.51. The summed E-state index contributed by atoms with van der Waals surface area (Å²) in [6.45, 7) is 3.98. The molecule has 9 heteroatoms. The fourth-order valence-electron chi connectivity index (χ4n) is 3.27. The van der Waals surface area contributed by atoms with Crippen LogP contribution in [0.5, 0.6) is 0 Å². The highest BCUT2D eigenvalue weighted by Gasteiger charge is 2.39. The average Bonchev–Trinajstić information content (AvgIpc) is 3.16. The molecular weight excluding hydrogens is 334 g/mol. The van der Waals surface area contributed by atoms with E-state index in [9.17, 15) is 13.2 Å². The first kappa shape index (κ1) is 17.4. The number of aliphatic carboxylic acids is 1. The topological polar surface area (TPSA) is 113 Å². The molecule has 1 aromatic heterocycles. The van der Waals surface area contributed by atoms with E-state index in [0.717, 1.165) is 19.4 Å². The Labute approximate surface area is 141 Å². The van der Waals surface area contributed by atoms with Crippen molar-refractivity contribution in [3.63, 3.8) is 0 Å². The maximum Gasteiger partial charge on any atom is 0.317 e. The van der Waals surface area contributed by atoms with Crippen LogP contribution in [0.15, 0.2) is 9.42 Å². The van der Waals surface area contributed by atoms with Crippen LogP contribution >= 0.6 is 0 Å². The Balaban J connectivity index is 1.58. The van der Waals surface area contributed by atoms with Crippen LogP contribution in [0.1, 0.15) is 37.1 Å². The minimum atomic E-state index is -3.66. The van der Waals surface area contributed by atoms with Crippen LogP contribution in [-0.4, -0.2) is 54.7 Å². The summed E-state index contributed by atoms with van der Waals surface area (Å²) in [5, 5.41) is 12.7. The highest BCUT2D eigenvalue weighted by atomic mass is 32.2. The molecule has 0 spiro atoms. The van der Waals surface area contributed by atoms with Gasteiger partial charge in [0.05, 0.1) is 6.54 Å². The van der Waals surface area contributed by atoms with Crippen molar-refractivity contribution in [2.75, 3.05) is 13.1 Å². The zero-order valence-corrected chi connectivity index (χ0v) is 14.7. The summed E-state index contributed by atoms with van der Waals surface area (Å²) in [7, 11) is -3.66. The molecule has 0 aliphatic heterocycles. The van der Waals surface area contributed by atoms with Gasteiger partial charge in [0.15, 0.2) is 5.76 Å². The van der Waals surface area contributed by atoms with Gasteiger partial charge in [0.1, 0.15) is 10.6 Å². The van der Waals surface area contributed by atoms with Gasteiger partial charge in [-0.3, -0.25) is 9.69 Å². The summed E-state index contributed by atoms with van der Waals surface area (Å²) in [6.07, 6.45) is 3.57. The third-order valence-electron chi connectivity index (χ3n) is 4.72. The predicted molar refractivity (Wildman–Crippen MR) is 85.0 cm³/mol. The maximum absolute atomic E-state index is 12.5. The van der Waals surface area contributed by atoms with Gasteiger partial charge in [0.25, 0.3) is 0 Å². The fraction of sp³-hybridized carbons (Fsp3) is 0.733. The van der Waals surface area contributed by atoms with Crippen LogP contribution in [0.4, 0.5) is 0 Å². The lowest BCUT2D eigenvalue weighted by atomic mass is 9.86. The van der Waals surface area contributed by atoms with Crippen molar-refractivity contribution in [2.24, 2.45) is 5.92 Å². The molecule has 24 heavy (non-hydrogen) atoms. The molecule has 0 unspecified atom stereocenters. The van der Waals surface area contributed by atoms with Crippen LogP contribution in [0.25, 0.3) is 0 Å². The van der Waals surface area contributed by atoms with Gasteiger partial charge in [-0.05, 0) is 45.4 Å². The fourth-order valence-corrected chi connectivity index (χ4v) is 4.86. The monoisotopic (exact) mass is 357 g/mol. The largest absolute Gasteiger partial charge is 0.480 e. The zero-order chi connectivity index (χ0) is 17.5. The second kappa shape index (κ2) is 6.45. The van der Waals surface area contributed by atoms with E-state index in [1.54, 1.807) is 13.8 Å². The molecule has 0 bridgehead atoms. The minimum absolute atomic E-state index is 0.0184. The molecule has 0 radical (unpaired) electrons. The number of carbonyl (C=O) groups is 1. The van der Waals surface area contributed by atoms with Crippen molar-refractivity contribution in [1.29, 1.82) is 0 Å². The second-order valence-electron chi connectivity index (χ2n) is 6.86. The van der Waals surface area contributed by atoms with Gasteiger partial charge in [0, 0.05) is 18.6 Å². The number of aromatic nitrogens is 1. The highest BCUT2D eigenvalue weighted by Crippen LogP contribution is 2.34. The van der Waals surface area contributed by atoms with E-state index in [-0.39, 0.29) is 29.3 Å². The molecule has 1 aromatic rings. The molecular formula is C15H23N3O5S. The van der Waals surface area contributed by atoms with Crippen molar-refractivity contribution in [3.05, 3.63) is 11.5 Å². The number of nitrogens with zero attached hydrogens (tertiary/aromatic N) is 2. The van der Waals surface area contributed by atoms with Crippen molar-refractivity contribution >= 4 is 16.0 Å². The Morgan fingerprint density at radius 3 is 2.54 bits per heavy atom. The third kappa shape index (κ3) is 3.79. The molecule has 1 heterocycles. The first-order valence-corrected chi connectivity index (χ1v) is 9.65. The molecule has 2 aliphatic rings. The summed E-state index contributed by atoms with van der Waals surface area (Å²) in [6, 6.07) is -0.0525. The molecule has 2 N–H and O–H groups in total. The number of carboxylic acid groups (broad SMARTS) is 1. The number of hydrogen-bond donors (Lipinski definition) is 2. The van der Waals surface area contributed by atoms with Crippen LogP contribution in [-0.2, 0) is 14.8 Å². The average molecular weight is 357 g/mol. The van der Waals surface area contributed by atoms with Gasteiger partial charge >= 0.3 is 5.97 Å². The lowest BCUT2D eigenvalue weighted by molar-refractivity contribution is -0.139. The first-order valence-electron chi connectivity index (χ1n) is 8.17. The normalized spacial score (nSPS) is 24.1. The minimum Gasteiger partial charge on any atom is -0.480 e. The number of hydrogen-bond acceptors (Lipinski definition) is 6. The molecule has 0 aromatic carbocycles. The summed E-state index contributed by atoms with van der Waals surface area (Å²) < 4.78 is 32.5.